The van der Waals surface area contributed by atoms with Gasteiger partial charge >= 0.3 is 0 Å². The molecule has 0 bridgehead atoms. The number of nitrogens with zero attached hydrogens (tertiary/aromatic N) is 5. The minimum absolute atomic E-state index is 0.0471. The van der Waals surface area contributed by atoms with Crippen molar-refractivity contribution in [2.75, 3.05) is 32.9 Å². The van der Waals surface area contributed by atoms with E-state index < -0.39 is 22.0 Å². The molecule has 2 atom stereocenters. The first kappa shape index (κ1) is 17.8. The van der Waals surface area contributed by atoms with Crippen LogP contribution >= 0.6 is 0 Å². The van der Waals surface area contributed by atoms with Gasteiger partial charge in [-0.15, -0.1) is 0 Å². The van der Waals surface area contributed by atoms with E-state index in [0.29, 0.717) is 11.0 Å². The van der Waals surface area contributed by atoms with Crippen molar-refractivity contribution in [3.05, 3.63) is 24.3 Å². The van der Waals surface area contributed by atoms with Crippen LogP contribution in [0.5, 0.6) is 0 Å². The molecule has 0 unspecified atom stereocenters. The Balaban J connectivity index is 1.65. The zero-order chi connectivity index (χ0) is 18.2. The topological polar surface area (TPSA) is 109 Å². The van der Waals surface area contributed by atoms with Gasteiger partial charge in [-0.2, -0.15) is 15.0 Å². The Morgan fingerprint density at radius 1 is 1.24 bits per heavy atom. The SMILES string of the molecule is CN(C)S(=O)(=O)C[C@@H]1CN(C(=O)Cn2nc3ccccc3n2)C[C@H]1O. The smallest absolute Gasteiger partial charge is 0.246 e. The fourth-order valence-electron chi connectivity index (χ4n) is 2.84. The predicted molar refractivity (Wildman–Crippen MR) is 91.1 cm³/mol. The first-order valence-corrected chi connectivity index (χ1v) is 9.53. The number of carbonyl (C=O) groups is 1. The van der Waals surface area contributed by atoms with Crippen LogP contribution < -0.4 is 0 Å². The van der Waals surface area contributed by atoms with Crippen molar-refractivity contribution < 1.29 is 18.3 Å². The standard InChI is InChI=1S/C15H21N5O4S/c1-18(2)25(23,24)10-11-7-19(8-14(11)21)15(22)9-20-16-12-5-3-4-6-13(12)17-20/h3-6,11,14,21H,7-10H2,1-2H3/t11-,14+/m0/s1. The number of fused-ring (bicyclic) bond motifs is 1. The molecule has 0 radical (unpaired) electrons. The van der Waals surface area contributed by atoms with Crippen molar-refractivity contribution in [1.82, 2.24) is 24.2 Å². The summed E-state index contributed by atoms with van der Waals surface area (Å²) in [5, 5.41) is 18.6. The fourth-order valence-corrected chi connectivity index (χ4v) is 4.00. The van der Waals surface area contributed by atoms with Crippen LogP contribution in [0, 0.1) is 5.92 Å². The van der Waals surface area contributed by atoms with E-state index in [4.69, 9.17) is 0 Å². The van der Waals surface area contributed by atoms with Gasteiger partial charge in [0.05, 0.1) is 11.9 Å². The lowest BCUT2D eigenvalue weighted by Crippen LogP contribution is -2.34. The fraction of sp³-hybridized carbons (Fsp3) is 0.533. The highest BCUT2D eigenvalue weighted by molar-refractivity contribution is 7.89. The molecular weight excluding hydrogens is 346 g/mol. The number of amides is 1. The molecule has 0 saturated carbocycles. The average molecular weight is 367 g/mol. The number of β-amino-alcohol motifs (C(OH)–C–C–N with tert-alkyl or cyclic N) is 1. The van der Waals surface area contributed by atoms with Gasteiger partial charge in [-0.05, 0) is 12.1 Å². The zero-order valence-electron chi connectivity index (χ0n) is 14.1. The van der Waals surface area contributed by atoms with Crippen molar-refractivity contribution in [3.63, 3.8) is 0 Å². The highest BCUT2D eigenvalue weighted by Gasteiger charge is 2.37. The van der Waals surface area contributed by atoms with Crippen LogP contribution in [-0.4, -0.2) is 82.7 Å². The minimum atomic E-state index is -3.43. The second-order valence-electron chi connectivity index (χ2n) is 6.41. The summed E-state index contributed by atoms with van der Waals surface area (Å²) in [5.74, 6) is -0.931. The third kappa shape index (κ3) is 3.80. The zero-order valence-corrected chi connectivity index (χ0v) is 14.9. The van der Waals surface area contributed by atoms with Crippen molar-refractivity contribution in [2.45, 2.75) is 12.6 Å². The van der Waals surface area contributed by atoms with E-state index in [0.717, 1.165) is 4.31 Å². The Morgan fingerprint density at radius 2 is 1.84 bits per heavy atom. The molecule has 2 aromatic rings. The molecule has 1 amide bonds. The number of hydrogen-bond donors (Lipinski definition) is 1. The highest BCUT2D eigenvalue weighted by atomic mass is 32.2. The van der Waals surface area contributed by atoms with Gasteiger partial charge in [-0.1, -0.05) is 12.1 Å². The van der Waals surface area contributed by atoms with Gasteiger partial charge in [0.25, 0.3) is 0 Å². The number of aromatic nitrogens is 3. The van der Waals surface area contributed by atoms with Crippen molar-refractivity contribution >= 4 is 27.0 Å². The molecule has 1 aromatic heterocycles. The molecule has 1 saturated heterocycles. The lowest BCUT2D eigenvalue weighted by molar-refractivity contribution is -0.131. The maximum atomic E-state index is 12.4. The second kappa shape index (κ2) is 6.70. The lowest BCUT2D eigenvalue weighted by Gasteiger charge is -2.17. The van der Waals surface area contributed by atoms with Crippen LogP contribution in [-0.2, 0) is 21.4 Å². The quantitative estimate of drug-likeness (QED) is 0.737. The number of aliphatic hydroxyl groups excluding tert-OH is 1. The normalized spacial score (nSPS) is 21.4. The van der Waals surface area contributed by atoms with Crippen molar-refractivity contribution in [2.24, 2.45) is 5.92 Å². The third-order valence-corrected chi connectivity index (χ3v) is 6.31. The summed E-state index contributed by atoms with van der Waals surface area (Å²) in [5.41, 5.74) is 1.40. The first-order chi connectivity index (χ1) is 11.8. The van der Waals surface area contributed by atoms with Gasteiger partial charge in [0.15, 0.2) is 0 Å². The van der Waals surface area contributed by atoms with E-state index in [9.17, 15) is 18.3 Å². The number of sulfonamides is 1. The summed E-state index contributed by atoms with van der Waals surface area (Å²) in [4.78, 5) is 15.2. The monoisotopic (exact) mass is 367 g/mol. The van der Waals surface area contributed by atoms with E-state index in [1.165, 1.54) is 23.8 Å². The average Bonchev–Trinajstić information content (AvgIpc) is 3.10. The Bertz CT molecular complexity index is 846. The predicted octanol–water partition coefficient (Wildman–Crippen LogP) is -0.858. The van der Waals surface area contributed by atoms with Gasteiger partial charge in [0, 0.05) is 33.1 Å². The summed E-state index contributed by atoms with van der Waals surface area (Å²) < 4.78 is 25.1. The van der Waals surface area contributed by atoms with Crippen LogP contribution in [0.15, 0.2) is 24.3 Å². The minimum Gasteiger partial charge on any atom is -0.391 e. The van der Waals surface area contributed by atoms with Gasteiger partial charge in [-0.25, -0.2) is 12.7 Å². The molecule has 1 aromatic carbocycles. The van der Waals surface area contributed by atoms with Crippen LogP contribution in [0.25, 0.3) is 11.0 Å². The molecule has 136 valence electrons. The van der Waals surface area contributed by atoms with E-state index in [2.05, 4.69) is 10.2 Å². The van der Waals surface area contributed by atoms with Crippen LogP contribution in [0.4, 0.5) is 0 Å². The number of carbonyl (C=O) groups excluding carboxylic acids is 1. The summed E-state index contributed by atoms with van der Waals surface area (Å²) in [6.45, 7) is 0.273. The van der Waals surface area contributed by atoms with E-state index in [1.807, 2.05) is 24.3 Å². The molecule has 25 heavy (non-hydrogen) atoms. The van der Waals surface area contributed by atoms with E-state index in [1.54, 1.807) is 0 Å². The number of rotatable bonds is 5. The van der Waals surface area contributed by atoms with Crippen LogP contribution in [0.2, 0.25) is 0 Å². The second-order valence-corrected chi connectivity index (χ2v) is 8.63. The van der Waals surface area contributed by atoms with Crippen molar-refractivity contribution in [1.29, 1.82) is 0 Å². The highest BCUT2D eigenvalue weighted by Crippen LogP contribution is 2.20. The van der Waals surface area contributed by atoms with E-state index >= 15 is 0 Å². The molecule has 3 rings (SSSR count). The Kier molecular flexibility index (Phi) is 4.76. The van der Waals surface area contributed by atoms with Gasteiger partial charge in [-0.3, -0.25) is 4.79 Å². The molecule has 0 spiro atoms. The van der Waals surface area contributed by atoms with Gasteiger partial charge in [0.1, 0.15) is 17.6 Å². The number of benzene rings is 1. The van der Waals surface area contributed by atoms with Crippen LogP contribution in [0.1, 0.15) is 0 Å². The summed E-state index contributed by atoms with van der Waals surface area (Å²) >= 11 is 0. The molecule has 0 aliphatic carbocycles. The summed E-state index contributed by atoms with van der Waals surface area (Å²) in [7, 11) is -0.530. The van der Waals surface area contributed by atoms with Crippen LogP contribution in [0.3, 0.4) is 0 Å². The van der Waals surface area contributed by atoms with Gasteiger partial charge in [0.2, 0.25) is 15.9 Å². The van der Waals surface area contributed by atoms with E-state index in [-0.39, 0.29) is 31.3 Å². The molecule has 1 N–H and O–H groups in total. The molecule has 10 heteroatoms. The van der Waals surface area contributed by atoms with Crippen molar-refractivity contribution in [3.8, 4) is 0 Å². The molecule has 1 fully saturated rings. The largest absolute Gasteiger partial charge is 0.391 e. The Labute approximate surface area is 145 Å². The number of hydrogen-bond acceptors (Lipinski definition) is 6. The lowest BCUT2D eigenvalue weighted by atomic mass is 10.1. The number of likely N-dealkylation sites (tertiary alicyclic amines) is 1. The summed E-state index contributed by atoms with van der Waals surface area (Å²) in [6, 6.07) is 7.31. The summed E-state index contributed by atoms with van der Waals surface area (Å²) in [6.07, 6.45) is -0.858. The molecule has 2 heterocycles. The third-order valence-electron chi connectivity index (χ3n) is 4.34. The Morgan fingerprint density at radius 3 is 2.40 bits per heavy atom. The molecule has 9 nitrogen and oxygen atoms in total. The first-order valence-electron chi connectivity index (χ1n) is 7.92. The maximum Gasteiger partial charge on any atom is 0.246 e. The molecule has 1 aliphatic rings. The van der Waals surface area contributed by atoms with Gasteiger partial charge < -0.3 is 10.0 Å². The number of aliphatic hydroxyl groups is 1. The maximum absolute atomic E-state index is 12.4. The molecular formula is C15H21N5O4S. The Hall–Kier alpha value is -2.04. The molecule has 1 aliphatic heterocycles.